The Morgan fingerprint density at radius 2 is 1.90 bits per heavy atom. The van der Waals surface area contributed by atoms with E-state index in [-0.39, 0.29) is 5.56 Å². The summed E-state index contributed by atoms with van der Waals surface area (Å²) in [5.74, 6) is 0.723. The Kier molecular flexibility index (Phi) is 5.20. The fraction of sp³-hybridized carbons (Fsp3) is 0.348. The van der Waals surface area contributed by atoms with Crippen LogP contribution in [0.15, 0.2) is 47.5 Å². The minimum Gasteiger partial charge on any atom is -0.298 e. The Morgan fingerprint density at radius 3 is 2.62 bits per heavy atom. The second-order valence-corrected chi connectivity index (χ2v) is 7.68. The molecule has 0 spiro atoms. The predicted octanol–water partition coefficient (Wildman–Crippen LogP) is 3.69. The summed E-state index contributed by atoms with van der Waals surface area (Å²) in [7, 11) is 0. The molecule has 0 amide bonds. The fourth-order valence-corrected chi connectivity index (χ4v) is 4.00. The Labute approximate surface area is 171 Å². The van der Waals surface area contributed by atoms with E-state index in [2.05, 4.69) is 52.9 Å². The summed E-state index contributed by atoms with van der Waals surface area (Å²) in [5.41, 5.74) is 6.31. The molecule has 1 aromatic carbocycles. The van der Waals surface area contributed by atoms with E-state index in [0.29, 0.717) is 19.8 Å². The van der Waals surface area contributed by atoms with Gasteiger partial charge in [0.25, 0.3) is 5.56 Å². The lowest BCUT2D eigenvalue weighted by molar-refractivity contribution is 0.189. The number of benzene rings is 1. The third-order valence-electron chi connectivity index (χ3n) is 5.72. The first-order chi connectivity index (χ1) is 14.0. The molecule has 6 heteroatoms. The van der Waals surface area contributed by atoms with Crippen LogP contribution in [0.25, 0.3) is 0 Å². The number of pyridine rings is 1. The summed E-state index contributed by atoms with van der Waals surface area (Å²) < 4.78 is 1.81. The van der Waals surface area contributed by atoms with Crippen molar-refractivity contribution in [1.82, 2.24) is 19.4 Å². The van der Waals surface area contributed by atoms with E-state index in [1.54, 1.807) is 6.20 Å². The van der Waals surface area contributed by atoms with Crippen LogP contribution in [0.4, 0.5) is 11.6 Å². The van der Waals surface area contributed by atoms with Gasteiger partial charge in [-0.15, -0.1) is 0 Å². The number of fused-ring (bicyclic) bond motifs is 1. The van der Waals surface area contributed by atoms with Crippen LogP contribution in [0.3, 0.4) is 0 Å². The van der Waals surface area contributed by atoms with E-state index in [0.717, 1.165) is 35.0 Å². The first-order valence-corrected chi connectivity index (χ1v) is 10.0. The van der Waals surface area contributed by atoms with Crippen LogP contribution in [0.2, 0.25) is 0 Å². The second kappa shape index (κ2) is 7.79. The maximum Gasteiger partial charge on any atom is 0.259 e. The molecule has 29 heavy (non-hydrogen) atoms. The van der Waals surface area contributed by atoms with Gasteiger partial charge < -0.3 is 0 Å². The number of anilines is 2. The van der Waals surface area contributed by atoms with Gasteiger partial charge in [-0.05, 0) is 56.0 Å². The maximum atomic E-state index is 13.2. The molecule has 0 unspecified atom stereocenters. The summed E-state index contributed by atoms with van der Waals surface area (Å²) in [4.78, 5) is 26.8. The SMILES string of the molecule is CCc1c(C)nc2n(c1=O)CN(Cc1cccnc1)CN2c1cccc(C)c1C. The quantitative estimate of drug-likeness (QED) is 0.681. The Hall–Kier alpha value is -2.99. The van der Waals surface area contributed by atoms with Gasteiger partial charge in [0, 0.05) is 35.9 Å². The summed E-state index contributed by atoms with van der Waals surface area (Å²) in [6, 6.07) is 10.3. The monoisotopic (exact) mass is 389 g/mol. The number of aryl methyl sites for hydroxylation is 2. The Balaban J connectivity index is 1.84. The average Bonchev–Trinajstić information content (AvgIpc) is 2.71. The molecule has 6 nitrogen and oxygen atoms in total. The molecule has 3 heterocycles. The van der Waals surface area contributed by atoms with Gasteiger partial charge in [0.15, 0.2) is 0 Å². The highest BCUT2D eigenvalue weighted by molar-refractivity contribution is 5.64. The standard InChI is InChI=1S/C23H27N5O/c1-5-20-18(4)25-23-27(21-10-6-8-16(2)17(21)3)14-26(15-28(23)22(20)29)13-19-9-7-11-24-12-19/h6-12H,5,13-15H2,1-4H3. The smallest absolute Gasteiger partial charge is 0.259 e. The minimum atomic E-state index is 0.0567. The number of hydrogen-bond acceptors (Lipinski definition) is 5. The molecule has 0 saturated carbocycles. The van der Waals surface area contributed by atoms with Crippen LogP contribution in [0, 0.1) is 20.8 Å². The van der Waals surface area contributed by atoms with E-state index in [1.807, 2.05) is 30.7 Å². The van der Waals surface area contributed by atoms with Crippen molar-refractivity contribution < 1.29 is 0 Å². The van der Waals surface area contributed by atoms with Crippen LogP contribution in [0.5, 0.6) is 0 Å². The lowest BCUT2D eigenvalue weighted by Crippen LogP contribution is -2.47. The van der Waals surface area contributed by atoms with Gasteiger partial charge in [0.2, 0.25) is 5.95 Å². The van der Waals surface area contributed by atoms with Crippen molar-refractivity contribution >= 4 is 11.6 Å². The van der Waals surface area contributed by atoms with Gasteiger partial charge in [-0.25, -0.2) is 4.98 Å². The molecule has 1 aliphatic rings. The van der Waals surface area contributed by atoms with E-state index < -0.39 is 0 Å². The molecular formula is C23H27N5O. The topological polar surface area (TPSA) is 54.3 Å². The largest absolute Gasteiger partial charge is 0.298 e. The molecule has 2 aromatic heterocycles. The zero-order valence-electron chi connectivity index (χ0n) is 17.5. The van der Waals surface area contributed by atoms with Crippen molar-refractivity contribution in [2.45, 2.75) is 47.3 Å². The maximum absolute atomic E-state index is 13.2. The van der Waals surface area contributed by atoms with Gasteiger partial charge in [-0.1, -0.05) is 25.1 Å². The van der Waals surface area contributed by atoms with Crippen molar-refractivity contribution in [3.63, 3.8) is 0 Å². The molecule has 1 aliphatic heterocycles. The van der Waals surface area contributed by atoms with Crippen molar-refractivity contribution in [2.24, 2.45) is 0 Å². The Bertz CT molecular complexity index is 1090. The molecule has 0 N–H and O–H groups in total. The highest BCUT2D eigenvalue weighted by Crippen LogP contribution is 2.32. The third-order valence-corrected chi connectivity index (χ3v) is 5.72. The van der Waals surface area contributed by atoms with E-state index in [4.69, 9.17) is 4.98 Å². The molecule has 0 bridgehead atoms. The summed E-state index contributed by atoms with van der Waals surface area (Å²) in [6.45, 7) is 10.1. The predicted molar refractivity (Wildman–Crippen MR) is 115 cm³/mol. The van der Waals surface area contributed by atoms with Gasteiger partial charge in [-0.2, -0.15) is 0 Å². The number of nitrogens with zero attached hydrogens (tertiary/aromatic N) is 5. The van der Waals surface area contributed by atoms with Gasteiger partial charge in [0.1, 0.15) is 0 Å². The molecule has 0 aliphatic carbocycles. The van der Waals surface area contributed by atoms with Crippen LogP contribution >= 0.6 is 0 Å². The molecule has 0 radical (unpaired) electrons. The number of hydrogen-bond donors (Lipinski definition) is 0. The molecular weight excluding hydrogens is 362 g/mol. The number of aromatic nitrogens is 3. The highest BCUT2D eigenvalue weighted by Gasteiger charge is 2.28. The average molecular weight is 390 g/mol. The van der Waals surface area contributed by atoms with Crippen molar-refractivity contribution in [1.29, 1.82) is 0 Å². The molecule has 4 rings (SSSR count). The summed E-state index contributed by atoms with van der Waals surface area (Å²) in [5, 5.41) is 0. The van der Waals surface area contributed by atoms with Crippen LogP contribution < -0.4 is 10.5 Å². The molecule has 3 aromatic rings. The second-order valence-electron chi connectivity index (χ2n) is 7.68. The summed E-state index contributed by atoms with van der Waals surface area (Å²) >= 11 is 0. The van der Waals surface area contributed by atoms with Gasteiger partial charge in [-0.3, -0.25) is 24.1 Å². The molecule has 0 atom stereocenters. The minimum absolute atomic E-state index is 0.0567. The van der Waals surface area contributed by atoms with Crippen LogP contribution in [-0.4, -0.2) is 26.1 Å². The molecule has 0 fully saturated rings. The molecule has 150 valence electrons. The van der Waals surface area contributed by atoms with Crippen molar-refractivity contribution in [3.8, 4) is 0 Å². The van der Waals surface area contributed by atoms with E-state index >= 15 is 0 Å². The zero-order chi connectivity index (χ0) is 20.5. The summed E-state index contributed by atoms with van der Waals surface area (Å²) in [6.07, 6.45) is 4.34. The van der Waals surface area contributed by atoms with Gasteiger partial charge >= 0.3 is 0 Å². The highest BCUT2D eigenvalue weighted by atomic mass is 16.1. The lowest BCUT2D eigenvalue weighted by atomic mass is 10.1. The van der Waals surface area contributed by atoms with E-state index in [1.165, 1.54) is 11.1 Å². The fourth-order valence-electron chi connectivity index (χ4n) is 4.00. The Morgan fingerprint density at radius 1 is 1.07 bits per heavy atom. The van der Waals surface area contributed by atoms with Gasteiger partial charge in [0.05, 0.1) is 13.3 Å². The third kappa shape index (κ3) is 3.56. The van der Waals surface area contributed by atoms with Crippen LogP contribution in [-0.2, 0) is 19.6 Å². The first kappa shape index (κ1) is 19.3. The zero-order valence-corrected chi connectivity index (χ0v) is 17.5. The van der Waals surface area contributed by atoms with Crippen molar-refractivity contribution in [2.75, 3.05) is 11.6 Å². The van der Waals surface area contributed by atoms with E-state index in [9.17, 15) is 4.79 Å². The lowest BCUT2D eigenvalue weighted by Gasteiger charge is -2.39. The van der Waals surface area contributed by atoms with Crippen molar-refractivity contribution in [3.05, 3.63) is 81.0 Å². The number of rotatable bonds is 4. The molecule has 0 saturated heterocycles. The normalized spacial score (nSPS) is 14.1. The first-order valence-electron chi connectivity index (χ1n) is 10.0. The van der Waals surface area contributed by atoms with Crippen LogP contribution in [0.1, 0.15) is 34.9 Å².